The first-order valence-electron chi connectivity index (χ1n) is 8.59. The quantitative estimate of drug-likeness (QED) is 0.653. The Morgan fingerprint density at radius 2 is 2.15 bits per heavy atom. The van der Waals surface area contributed by atoms with Gasteiger partial charge < -0.3 is 19.9 Å². The molecule has 1 aliphatic heterocycles. The van der Waals surface area contributed by atoms with Crippen LogP contribution < -0.4 is 11.3 Å². The fourth-order valence-electron chi connectivity index (χ4n) is 3.06. The minimum atomic E-state index is -3.75. The Balaban J connectivity index is 0.00000126. The average Bonchev–Trinajstić information content (AvgIpc) is 3.10. The summed E-state index contributed by atoms with van der Waals surface area (Å²) in [6.07, 6.45) is -2.90. The van der Waals surface area contributed by atoms with E-state index in [1.54, 1.807) is 6.92 Å². The maximum atomic E-state index is 14.8. The Bertz CT molecular complexity index is 896. The number of anilines is 1. The molecule has 0 amide bonds. The number of aromatic amines is 1. The molecule has 1 saturated heterocycles. The molecule has 0 aromatic carbocycles. The second-order valence-corrected chi connectivity index (χ2v) is 8.00. The number of rotatable bonds is 4. The lowest BCUT2D eigenvalue weighted by Gasteiger charge is -2.23. The summed E-state index contributed by atoms with van der Waals surface area (Å²) in [7, 11) is -3.75. The van der Waals surface area contributed by atoms with E-state index in [0.717, 1.165) is 6.66 Å². The van der Waals surface area contributed by atoms with Gasteiger partial charge >= 0.3 is 7.60 Å². The van der Waals surface area contributed by atoms with Crippen molar-refractivity contribution < 1.29 is 23.1 Å². The van der Waals surface area contributed by atoms with Crippen LogP contribution >= 0.6 is 7.60 Å². The first-order chi connectivity index (χ1) is 12.6. The van der Waals surface area contributed by atoms with Gasteiger partial charge in [-0.3, -0.25) is 18.9 Å². The third-order valence-electron chi connectivity index (χ3n) is 4.14. The Morgan fingerprint density at radius 3 is 2.74 bits per heavy atom. The summed E-state index contributed by atoms with van der Waals surface area (Å²) in [5.41, 5.74) is 5.11. The molecule has 0 spiro atoms. The van der Waals surface area contributed by atoms with Gasteiger partial charge in [0.1, 0.15) is 0 Å². The van der Waals surface area contributed by atoms with Crippen molar-refractivity contribution in [1.29, 1.82) is 0 Å². The molecule has 12 heteroatoms. The van der Waals surface area contributed by atoms with Crippen molar-refractivity contribution in [1.82, 2.24) is 19.5 Å². The number of ether oxygens (including phenoxy) is 1. The number of fused-ring (bicyclic) bond motifs is 1. The number of alkyl halides is 1. The molecule has 2 aromatic heterocycles. The summed E-state index contributed by atoms with van der Waals surface area (Å²) in [5, 5.41) is 0. The van der Waals surface area contributed by atoms with E-state index in [1.165, 1.54) is 17.8 Å². The number of hydrogen-bond donors (Lipinski definition) is 3. The molecule has 27 heavy (non-hydrogen) atoms. The third kappa shape index (κ3) is 4.37. The fraction of sp³-hybridized carbons (Fsp3) is 0.667. The number of H-pyrrole nitrogens is 1. The van der Waals surface area contributed by atoms with Crippen LogP contribution in [0.3, 0.4) is 0 Å². The molecule has 3 heterocycles. The van der Waals surface area contributed by atoms with Crippen LogP contribution in [0.4, 0.5) is 10.3 Å². The normalized spacial score (nSPS) is 28.4. The Kier molecular flexibility index (Phi) is 6.41. The highest BCUT2D eigenvalue weighted by Crippen LogP contribution is 2.44. The van der Waals surface area contributed by atoms with E-state index in [9.17, 15) is 18.6 Å². The van der Waals surface area contributed by atoms with Crippen LogP contribution in [0.15, 0.2) is 11.1 Å². The van der Waals surface area contributed by atoms with E-state index < -0.39 is 43.7 Å². The highest BCUT2D eigenvalue weighted by Gasteiger charge is 2.47. The molecule has 2 aromatic rings. The highest BCUT2D eigenvalue weighted by molar-refractivity contribution is 7.51. The minimum Gasteiger partial charge on any atom is -0.369 e. The highest BCUT2D eigenvalue weighted by atomic mass is 31.2. The summed E-state index contributed by atoms with van der Waals surface area (Å²) in [6.45, 7) is 8.20. The van der Waals surface area contributed by atoms with E-state index in [0.29, 0.717) is 0 Å². The van der Waals surface area contributed by atoms with Crippen molar-refractivity contribution >= 4 is 24.7 Å². The smallest absolute Gasteiger partial charge is 0.325 e. The van der Waals surface area contributed by atoms with Gasteiger partial charge in [0.25, 0.3) is 5.56 Å². The van der Waals surface area contributed by atoms with E-state index >= 15 is 0 Å². The molecule has 0 aliphatic carbocycles. The topological polar surface area (TPSA) is 145 Å². The van der Waals surface area contributed by atoms with Gasteiger partial charge in [-0.2, -0.15) is 4.98 Å². The fourth-order valence-corrected chi connectivity index (χ4v) is 3.79. The molecule has 0 radical (unpaired) electrons. The van der Waals surface area contributed by atoms with Gasteiger partial charge in [-0.1, -0.05) is 20.8 Å². The number of hydrogen-bond acceptors (Lipinski definition) is 7. The number of halogens is 1. The number of nitrogen functional groups attached to an aromatic ring is 1. The number of imidazole rings is 1. The zero-order chi connectivity index (χ0) is 20.5. The molecule has 1 fully saturated rings. The summed E-state index contributed by atoms with van der Waals surface area (Å²) >= 11 is 0. The Hall–Kier alpha value is -1.81. The van der Waals surface area contributed by atoms with Crippen LogP contribution in [0.25, 0.3) is 11.2 Å². The van der Waals surface area contributed by atoms with Gasteiger partial charge in [-0.05, 0) is 6.92 Å². The molecule has 0 bridgehead atoms. The minimum absolute atomic E-state index is 0.0128. The van der Waals surface area contributed by atoms with Gasteiger partial charge in [0, 0.05) is 12.6 Å². The number of nitrogens with zero attached hydrogens (tertiary/aromatic N) is 3. The van der Waals surface area contributed by atoms with Gasteiger partial charge in [0.2, 0.25) is 5.95 Å². The maximum Gasteiger partial charge on any atom is 0.325 e. The Labute approximate surface area is 155 Å². The monoisotopic (exact) mass is 405 g/mol. The molecule has 3 rings (SSSR count). The van der Waals surface area contributed by atoms with Crippen LogP contribution in [0, 0.1) is 5.92 Å². The molecule has 6 unspecified atom stereocenters. The van der Waals surface area contributed by atoms with Gasteiger partial charge in [-0.15, -0.1) is 0 Å². The van der Waals surface area contributed by atoms with E-state index in [2.05, 4.69) is 15.0 Å². The first kappa shape index (κ1) is 21.5. The second-order valence-electron chi connectivity index (χ2n) is 6.18. The number of nitrogens with two attached hydrogens (primary N) is 1. The zero-order valence-corrected chi connectivity index (χ0v) is 16.7. The van der Waals surface area contributed by atoms with Crippen molar-refractivity contribution in [3.8, 4) is 0 Å². The standard InChI is InChI=1S/C13H19FN5O5P.C2H6/c1-5-7(14)12(23-9(5)6(2)24-25(3,21)22)19-4-16-8-10(19)17-13(15)18-11(8)20;1-2/h4-7,9,12H,1-3H3,(H,21,22)(H3,15,17,18,20);1-2H3. The summed E-state index contributed by atoms with van der Waals surface area (Å²) < 4.78 is 38.3. The largest absolute Gasteiger partial charge is 0.369 e. The molecule has 4 N–H and O–H groups in total. The van der Waals surface area contributed by atoms with Gasteiger partial charge in [0.15, 0.2) is 23.6 Å². The van der Waals surface area contributed by atoms with Crippen LogP contribution in [0.5, 0.6) is 0 Å². The first-order valence-corrected chi connectivity index (χ1v) is 10.6. The predicted molar refractivity (Wildman–Crippen MR) is 98.2 cm³/mol. The number of nitrogens with one attached hydrogen (secondary N) is 1. The lowest BCUT2D eigenvalue weighted by molar-refractivity contribution is -0.0598. The van der Waals surface area contributed by atoms with Crippen LogP contribution in [-0.4, -0.2) is 49.5 Å². The molecular weight excluding hydrogens is 380 g/mol. The van der Waals surface area contributed by atoms with Crippen LogP contribution in [0.2, 0.25) is 0 Å². The predicted octanol–water partition coefficient (Wildman–Crippen LogP) is 1.82. The maximum absolute atomic E-state index is 14.8. The van der Waals surface area contributed by atoms with E-state index in [4.69, 9.17) is 15.0 Å². The van der Waals surface area contributed by atoms with Crippen molar-refractivity contribution in [2.24, 2.45) is 5.92 Å². The third-order valence-corrected chi connectivity index (χ3v) is 4.86. The van der Waals surface area contributed by atoms with Crippen LogP contribution in [-0.2, 0) is 13.8 Å². The zero-order valence-electron chi connectivity index (χ0n) is 15.8. The summed E-state index contributed by atoms with van der Waals surface area (Å²) in [4.78, 5) is 31.4. The van der Waals surface area contributed by atoms with Crippen molar-refractivity contribution in [2.45, 2.75) is 52.3 Å². The van der Waals surface area contributed by atoms with Gasteiger partial charge in [-0.25, -0.2) is 9.37 Å². The molecule has 0 saturated carbocycles. The molecule has 152 valence electrons. The Morgan fingerprint density at radius 1 is 1.52 bits per heavy atom. The van der Waals surface area contributed by atoms with Gasteiger partial charge in [0.05, 0.1) is 18.5 Å². The summed E-state index contributed by atoms with van der Waals surface area (Å²) in [6, 6.07) is 0. The second kappa shape index (κ2) is 8.05. The summed E-state index contributed by atoms with van der Waals surface area (Å²) in [5.74, 6) is -0.746. The van der Waals surface area contributed by atoms with Crippen molar-refractivity contribution in [3.63, 3.8) is 0 Å². The molecule has 1 aliphatic rings. The van der Waals surface area contributed by atoms with Crippen molar-refractivity contribution in [3.05, 3.63) is 16.7 Å². The lowest BCUT2D eigenvalue weighted by atomic mass is 9.98. The molecule has 6 atom stereocenters. The van der Waals surface area contributed by atoms with Crippen molar-refractivity contribution in [2.75, 3.05) is 12.4 Å². The molecular formula is C15H25FN5O5P. The van der Waals surface area contributed by atoms with Crippen LogP contribution in [0.1, 0.15) is 33.9 Å². The average molecular weight is 405 g/mol. The van der Waals surface area contributed by atoms with E-state index in [-0.39, 0.29) is 17.1 Å². The molecule has 10 nitrogen and oxygen atoms in total. The number of aromatic nitrogens is 4. The van der Waals surface area contributed by atoms with E-state index in [1.807, 2.05) is 13.8 Å². The lowest BCUT2D eigenvalue weighted by Crippen LogP contribution is -2.30. The SMILES string of the molecule is CC.CC(OP(C)(=O)O)C1OC(n2cnc3c(=O)[nH]c(N)nc32)C(F)C1C.